The van der Waals surface area contributed by atoms with Crippen LogP contribution in [-0.4, -0.2) is 36.9 Å². The molecule has 0 N–H and O–H groups in total. The van der Waals surface area contributed by atoms with E-state index in [1.807, 2.05) is 36.9 Å². The second-order valence-electron chi connectivity index (χ2n) is 0. The van der Waals surface area contributed by atoms with Crippen LogP contribution in [0.15, 0.2) is 0 Å². The van der Waals surface area contributed by atoms with Gasteiger partial charge >= 0.3 is 96.0 Å². The van der Waals surface area contributed by atoms with Gasteiger partial charge in [0.25, 0.3) is 0 Å². The van der Waals surface area contributed by atoms with Gasteiger partial charge in [-0.15, -0.1) is 0 Å². The van der Waals surface area contributed by atoms with E-state index in [0.717, 1.165) is 0 Å². The summed E-state index contributed by atoms with van der Waals surface area (Å²) in [6.45, 7) is 0. The summed E-state index contributed by atoms with van der Waals surface area (Å²) >= 11 is 3.92. The molecule has 0 nitrogen and oxygen atoms in total. The molecule has 0 aromatic heterocycles. The molecule has 4 heavy (non-hydrogen) atoms. The molecule has 0 saturated heterocycles. The number of hydrogen-bond donors (Lipinski definition) is 0. The van der Waals surface area contributed by atoms with Crippen LogP contribution in [0.4, 0.5) is 0 Å². The Morgan fingerprint density at radius 1 is 1.00 bits per heavy atom. The summed E-state index contributed by atoms with van der Waals surface area (Å²) in [5.74, 6) is 0. The van der Waals surface area contributed by atoms with Crippen molar-refractivity contribution in [2.75, 3.05) is 0 Å². The Morgan fingerprint density at radius 3 is 1.00 bits per heavy atom. The summed E-state index contributed by atoms with van der Waals surface area (Å²) < 4.78 is 0. The second-order valence-corrected chi connectivity index (χ2v) is 0. The Hall–Kier alpha value is 3.58. The third-order valence-corrected chi connectivity index (χ3v) is 0. The van der Waals surface area contributed by atoms with Crippen molar-refractivity contribution in [1.82, 2.24) is 0 Å². The van der Waals surface area contributed by atoms with Crippen LogP contribution in [0.25, 0.3) is 0 Å². The molecule has 0 amide bonds. The molecule has 0 saturated carbocycles. The summed E-state index contributed by atoms with van der Waals surface area (Å²) in [5, 5.41) is 0. The van der Waals surface area contributed by atoms with Crippen LogP contribution in [0.3, 0.4) is 0 Å². The summed E-state index contributed by atoms with van der Waals surface area (Å²) in [7, 11) is 0. The predicted molar refractivity (Wildman–Crippen MR) is 13.7 cm³/mol. The van der Waals surface area contributed by atoms with Gasteiger partial charge in [0.05, 0.1) is 0 Å². The van der Waals surface area contributed by atoms with Gasteiger partial charge in [0.2, 0.25) is 0 Å². The first-order chi connectivity index (χ1) is 1.00. The van der Waals surface area contributed by atoms with E-state index in [0.29, 0.717) is 0 Å². The molecule has 2 radical (unpaired) electrons. The van der Waals surface area contributed by atoms with Crippen LogP contribution in [0, 0.1) is 0 Å². The van der Waals surface area contributed by atoms with E-state index < -0.39 is 0 Å². The van der Waals surface area contributed by atoms with Crippen LogP contribution in [0.5, 0.6) is 0 Å². The number of rotatable bonds is 0. The fraction of sp³-hybridized carbons (Fsp3) is 0. The van der Waals surface area contributed by atoms with Crippen molar-refractivity contribution in [2.45, 2.75) is 0 Å². The van der Waals surface area contributed by atoms with E-state index in [-0.39, 0.29) is 62.0 Å². The fourth-order valence-electron chi connectivity index (χ4n) is 0. The molecular formula is H2Na2Te2. The summed E-state index contributed by atoms with van der Waals surface area (Å²) in [5.41, 5.74) is 0. The fourth-order valence-corrected chi connectivity index (χ4v) is 0. The van der Waals surface area contributed by atoms with Crippen LogP contribution in [-0.2, 0) is 0 Å². The summed E-state index contributed by atoms with van der Waals surface area (Å²) in [6.07, 6.45) is 0. The molecule has 0 aromatic rings. The van der Waals surface area contributed by atoms with Gasteiger partial charge in [-0.3, -0.25) is 0 Å². The molecule has 0 spiro atoms. The molecule has 0 unspecified atom stereocenters. The van der Waals surface area contributed by atoms with Gasteiger partial charge in [0.15, 0.2) is 0 Å². The molecule has 0 aliphatic heterocycles. The molecule has 16 valence electrons. The summed E-state index contributed by atoms with van der Waals surface area (Å²) in [6, 6.07) is 0. The molecule has 0 aliphatic rings. The van der Waals surface area contributed by atoms with Crippen molar-refractivity contribution < 1.29 is 62.0 Å². The summed E-state index contributed by atoms with van der Waals surface area (Å²) in [4.78, 5) is 0. The maximum absolute atomic E-state index is 1.96. The molecule has 0 fully saturated rings. The Bertz CT molecular complexity index is 9.51. The van der Waals surface area contributed by atoms with E-state index in [1.54, 1.807) is 0 Å². The van der Waals surface area contributed by atoms with E-state index >= 15 is 0 Å². The SMILES string of the molecule is [H-].[H-].[Na+].[Na+].[Te][Te]. The monoisotopic (exact) mass is 308 g/mol. The van der Waals surface area contributed by atoms with Gasteiger partial charge in [-0.05, 0) is 0 Å². The molecule has 0 aliphatic carbocycles. The minimum atomic E-state index is 0. The zero-order chi connectivity index (χ0) is 2.00. The van der Waals surface area contributed by atoms with Gasteiger partial charge in [-0.2, -0.15) is 0 Å². The second kappa shape index (κ2) is 16.0. The average molecular weight is 303 g/mol. The quantitative estimate of drug-likeness (QED) is 0.391. The Balaban J connectivity index is -0.000000000833. The van der Waals surface area contributed by atoms with Crippen LogP contribution >= 0.6 is 0 Å². The van der Waals surface area contributed by atoms with Crippen molar-refractivity contribution in [3.63, 3.8) is 0 Å². The third-order valence-electron chi connectivity index (χ3n) is 0. The first-order valence-electron chi connectivity index (χ1n) is 0.167. The van der Waals surface area contributed by atoms with Crippen molar-refractivity contribution >= 4 is 36.9 Å². The molecule has 0 rings (SSSR count). The minimum absolute atomic E-state index is 0. The van der Waals surface area contributed by atoms with E-state index in [1.165, 1.54) is 0 Å². The van der Waals surface area contributed by atoms with E-state index in [2.05, 4.69) is 0 Å². The Labute approximate surface area is 96.4 Å². The average Bonchev–Trinajstić information content (AvgIpc) is 1.00. The van der Waals surface area contributed by atoms with Gasteiger partial charge in [-0.1, -0.05) is 0 Å². The van der Waals surface area contributed by atoms with Crippen molar-refractivity contribution in [1.29, 1.82) is 0 Å². The first kappa shape index (κ1) is 15.6. The first-order valence-corrected chi connectivity index (χ1v) is 7.50. The van der Waals surface area contributed by atoms with Crippen molar-refractivity contribution in [3.05, 3.63) is 0 Å². The van der Waals surface area contributed by atoms with Crippen LogP contribution in [0.2, 0.25) is 0 Å². The van der Waals surface area contributed by atoms with Crippen LogP contribution < -0.4 is 59.1 Å². The van der Waals surface area contributed by atoms with E-state index in [9.17, 15) is 0 Å². The molecule has 0 heterocycles. The Morgan fingerprint density at radius 2 is 1.00 bits per heavy atom. The van der Waals surface area contributed by atoms with Crippen LogP contribution in [0.1, 0.15) is 2.85 Å². The van der Waals surface area contributed by atoms with Gasteiger partial charge in [0, 0.05) is 0 Å². The zero-order valence-corrected chi connectivity index (χ0v) is 11.5. The van der Waals surface area contributed by atoms with Gasteiger partial charge < -0.3 is 2.85 Å². The number of hydrogen-bond acceptors (Lipinski definition) is 0. The topological polar surface area (TPSA) is 0 Å². The standard InChI is InChI=1S/2Na.Te2.2H/c;;1-2;;/q2*+1;;2*-1. The normalized spacial score (nSPS) is 1.50. The molecular weight excluding hydrogens is 301 g/mol. The molecule has 0 aromatic carbocycles. The van der Waals surface area contributed by atoms with Crippen molar-refractivity contribution in [2.24, 2.45) is 0 Å². The van der Waals surface area contributed by atoms with E-state index in [4.69, 9.17) is 0 Å². The zero-order valence-electron chi connectivity index (χ0n) is 4.82. The molecule has 0 atom stereocenters. The van der Waals surface area contributed by atoms with Gasteiger partial charge in [0.1, 0.15) is 0 Å². The van der Waals surface area contributed by atoms with Crippen molar-refractivity contribution in [3.8, 4) is 0 Å². The molecule has 4 heteroatoms. The van der Waals surface area contributed by atoms with Gasteiger partial charge in [-0.25, -0.2) is 0 Å². The third kappa shape index (κ3) is 9.13. The Kier molecular flexibility index (Phi) is 62.5. The molecule has 0 bridgehead atoms. The predicted octanol–water partition coefficient (Wildman–Crippen LogP) is -6.53. The maximum atomic E-state index is 1.96.